The molecule has 1 aromatic heterocycles. The molecule has 0 aliphatic heterocycles. The van der Waals surface area contributed by atoms with E-state index in [2.05, 4.69) is 10.1 Å². The van der Waals surface area contributed by atoms with Gasteiger partial charge < -0.3 is 0 Å². The van der Waals surface area contributed by atoms with Gasteiger partial charge >= 0.3 is 0 Å². The van der Waals surface area contributed by atoms with Crippen LogP contribution in [0.3, 0.4) is 0 Å². The van der Waals surface area contributed by atoms with E-state index < -0.39 is 0 Å². The number of hydrogen-bond acceptors (Lipinski definition) is 3. The number of nitrogens with zero attached hydrogens (tertiary/aromatic N) is 3. The first kappa shape index (κ1) is 12.1. The van der Waals surface area contributed by atoms with E-state index in [0.29, 0.717) is 5.56 Å². The van der Waals surface area contributed by atoms with Gasteiger partial charge in [-0.1, -0.05) is 29.8 Å². The Bertz CT molecular complexity index is 548. The molecule has 2 rings (SSSR count). The zero-order valence-electron chi connectivity index (χ0n) is 9.02. The maximum atomic E-state index is 11.9. The van der Waals surface area contributed by atoms with Crippen LogP contribution in [0.2, 0.25) is 10.6 Å². The van der Waals surface area contributed by atoms with E-state index in [-0.39, 0.29) is 22.9 Å². The molecular weight excluding hydrogens is 261 g/mol. The molecule has 1 heterocycles. The Balaban J connectivity index is 2.17. The van der Waals surface area contributed by atoms with E-state index in [1.807, 2.05) is 19.1 Å². The molecule has 0 spiro atoms. The van der Waals surface area contributed by atoms with Gasteiger partial charge in [-0.15, -0.1) is 5.10 Å². The molecule has 0 aliphatic carbocycles. The number of rotatable bonds is 3. The molecule has 0 saturated heterocycles. The highest BCUT2D eigenvalue weighted by molar-refractivity contribution is 6.31. The van der Waals surface area contributed by atoms with Crippen LogP contribution in [0.25, 0.3) is 0 Å². The number of carbonyl (C=O) groups is 1. The molecule has 0 bridgehead atoms. The van der Waals surface area contributed by atoms with Crippen LogP contribution >= 0.6 is 23.2 Å². The van der Waals surface area contributed by atoms with Crippen LogP contribution in [0.1, 0.15) is 15.9 Å². The van der Waals surface area contributed by atoms with Crippen molar-refractivity contribution in [3.8, 4) is 0 Å². The second-order valence-corrected chi connectivity index (χ2v) is 4.27. The lowest BCUT2D eigenvalue weighted by atomic mass is 10.1. The molecular formula is C11H9Cl2N3O. The van der Waals surface area contributed by atoms with E-state index in [0.717, 1.165) is 5.56 Å². The number of aryl methyl sites for hydroxylation is 1. The van der Waals surface area contributed by atoms with Crippen LogP contribution in [-0.4, -0.2) is 20.5 Å². The van der Waals surface area contributed by atoms with Crippen molar-refractivity contribution in [3.05, 3.63) is 46.0 Å². The van der Waals surface area contributed by atoms with Crippen LogP contribution in [0.5, 0.6) is 0 Å². The zero-order valence-corrected chi connectivity index (χ0v) is 10.5. The number of Topliss-reactive ketones (excluding diaryl/α,β-unsaturated/α-hetero) is 1. The van der Waals surface area contributed by atoms with Crippen LogP contribution in [0.15, 0.2) is 24.3 Å². The highest BCUT2D eigenvalue weighted by Gasteiger charge is 2.11. The summed E-state index contributed by atoms with van der Waals surface area (Å²) < 4.78 is 1.27. The average molecular weight is 270 g/mol. The minimum atomic E-state index is -0.0894. The number of benzene rings is 1. The molecule has 0 aliphatic rings. The number of hydrogen-bond donors (Lipinski definition) is 0. The number of halogens is 2. The summed E-state index contributed by atoms with van der Waals surface area (Å²) in [5.74, 6) is -0.0894. The summed E-state index contributed by atoms with van der Waals surface area (Å²) in [6, 6.07) is 7.29. The quantitative estimate of drug-likeness (QED) is 0.806. The number of ketones is 1. The summed E-state index contributed by atoms with van der Waals surface area (Å²) in [4.78, 5) is 15.6. The van der Waals surface area contributed by atoms with Crippen molar-refractivity contribution in [1.29, 1.82) is 0 Å². The van der Waals surface area contributed by atoms with E-state index in [9.17, 15) is 4.79 Å². The minimum absolute atomic E-state index is 0.0294. The van der Waals surface area contributed by atoms with Crippen molar-refractivity contribution >= 4 is 29.0 Å². The third-order valence-electron chi connectivity index (χ3n) is 2.27. The highest BCUT2D eigenvalue weighted by atomic mass is 35.5. The topological polar surface area (TPSA) is 47.8 Å². The lowest BCUT2D eigenvalue weighted by molar-refractivity contribution is 0.0967. The molecule has 0 N–H and O–H groups in total. The Hall–Kier alpha value is -1.39. The third kappa shape index (κ3) is 2.84. The molecule has 4 nitrogen and oxygen atoms in total. The van der Waals surface area contributed by atoms with Crippen molar-refractivity contribution in [3.63, 3.8) is 0 Å². The second kappa shape index (κ2) is 4.85. The summed E-state index contributed by atoms with van der Waals surface area (Å²) in [7, 11) is 0. The van der Waals surface area contributed by atoms with Gasteiger partial charge in [0.15, 0.2) is 5.78 Å². The van der Waals surface area contributed by atoms with Gasteiger partial charge in [-0.05, 0) is 30.1 Å². The highest BCUT2D eigenvalue weighted by Crippen LogP contribution is 2.11. The first-order valence-corrected chi connectivity index (χ1v) is 5.67. The molecule has 2 aromatic rings. The third-order valence-corrected chi connectivity index (χ3v) is 2.71. The van der Waals surface area contributed by atoms with E-state index in [1.54, 1.807) is 12.1 Å². The van der Waals surface area contributed by atoms with Crippen molar-refractivity contribution in [1.82, 2.24) is 14.8 Å². The van der Waals surface area contributed by atoms with Crippen LogP contribution < -0.4 is 0 Å². The van der Waals surface area contributed by atoms with Gasteiger partial charge in [0.1, 0.15) is 6.54 Å². The summed E-state index contributed by atoms with van der Waals surface area (Å²) in [5.41, 5.74) is 1.71. The van der Waals surface area contributed by atoms with Crippen LogP contribution in [0.4, 0.5) is 0 Å². The molecule has 17 heavy (non-hydrogen) atoms. The first-order valence-electron chi connectivity index (χ1n) is 4.92. The van der Waals surface area contributed by atoms with Gasteiger partial charge in [0.05, 0.1) is 0 Å². The normalized spacial score (nSPS) is 10.5. The molecule has 88 valence electrons. The molecule has 0 fully saturated rings. The van der Waals surface area contributed by atoms with Crippen molar-refractivity contribution in [2.24, 2.45) is 0 Å². The number of aromatic nitrogens is 3. The second-order valence-electron chi connectivity index (χ2n) is 3.60. The Kier molecular flexibility index (Phi) is 3.45. The summed E-state index contributed by atoms with van der Waals surface area (Å²) in [6.45, 7) is 1.99. The lowest BCUT2D eigenvalue weighted by Crippen LogP contribution is -2.11. The van der Waals surface area contributed by atoms with Crippen molar-refractivity contribution in [2.75, 3.05) is 0 Å². The van der Waals surface area contributed by atoms with Gasteiger partial charge in [0.2, 0.25) is 10.6 Å². The first-order chi connectivity index (χ1) is 8.06. The van der Waals surface area contributed by atoms with Gasteiger partial charge in [0, 0.05) is 5.56 Å². The van der Waals surface area contributed by atoms with Crippen molar-refractivity contribution in [2.45, 2.75) is 13.5 Å². The standard InChI is InChI=1S/C11H9Cl2N3O/c1-7-2-4-8(5-3-7)9(17)6-16-11(13)14-10(12)15-16/h2-5H,6H2,1H3. The largest absolute Gasteiger partial charge is 0.292 e. The summed E-state index contributed by atoms with van der Waals surface area (Å²) >= 11 is 11.3. The molecule has 0 unspecified atom stereocenters. The summed E-state index contributed by atoms with van der Waals surface area (Å²) in [5, 5.41) is 3.95. The Morgan fingerprint density at radius 3 is 2.47 bits per heavy atom. The lowest BCUT2D eigenvalue weighted by Gasteiger charge is -2.02. The monoisotopic (exact) mass is 269 g/mol. The maximum Gasteiger partial charge on any atom is 0.243 e. The fourth-order valence-corrected chi connectivity index (χ4v) is 1.76. The molecule has 1 aromatic carbocycles. The fraction of sp³-hybridized carbons (Fsp3) is 0.182. The Morgan fingerprint density at radius 2 is 1.94 bits per heavy atom. The molecule has 6 heteroatoms. The molecule has 0 radical (unpaired) electrons. The summed E-state index contributed by atoms with van der Waals surface area (Å²) in [6.07, 6.45) is 0. The van der Waals surface area contributed by atoms with Crippen molar-refractivity contribution < 1.29 is 4.79 Å². The van der Waals surface area contributed by atoms with E-state index >= 15 is 0 Å². The maximum absolute atomic E-state index is 11.9. The molecule has 0 saturated carbocycles. The van der Waals surface area contributed by atoms with E-state index in [4.69, 9.17) is 23.2 Å². The number of carbonyl (C=O) groups excluding carboxylic acids is 1. The predicted molar refractivity (Wildman–Crippen MR) is 65.6 cm³/mol. The molecule has 0 amide bonds. The molecule has 0 atom stereocenters. The van der Waals surface area contributed by atoms with Crippen LogP contribution in [-0.2, 0) is 6.54 Å². The Morgan fingerprint density at radius 1 is 1.29 bits per heavy atom. The fourth-order valence-electron chi connectivity index (χ4n) is 1.36. The smallest absolute Gasteiger partial charge is 0.243 e. The zero-order chi connectivity index (χ0) is 12.4. The SMILES string of the molecule is Cc1ccc(C(=O)Cn2nc(Cl)nc2Cl)cc1. The van der Waals surface area contributed by atoms with Crippen LogP contribution in [0, 0.1) is 6.92 Å². The minimum Gasteiger partial charge on any atom is -0.292 e. The van der Waals surface area contributed by atoms with Gasteiger partial charge in [-0.2, -0.15) is 4.98 Å². The van der Waals surface area contributed by atoms with E-state index in [1.165, 1.54) is 4.68 Å². The van der Waals surface area contributed by atoms with Gasteiger partial charge in [-0.25, -0.2) is 4.68 Å². The van der Waals surface area contributed by atoms with Gasteiger partial charge in [-0.3, -0.25) is 4.79 Å². The average Bonchev–Trinajstić information content (AvgIpc) is 2.58. The predicted octanol–water partition coefficient (Wildman–Crippen LogP) is 2.78. The Labute approximate surface area is 108 Å². The van der Waals surface area contributed by atoms with Gasteiger partial charge in [0.25, 0.3) is 0 Å².